The van der Waals surface area contributed by atoms with Crippen molar-refractivity contribution in [3.8, 4) is 5.88 Å². The van der Waals surface area contributed by atoms with Gasteiger partial charge in [0, 0.05) is 11.1 Å². The summed E-state index contributed by atoms with van der Waals surface area (Å²) in [6.07, 6.45) is 0. The van der Waals surface area contributed by atoms with Gasteiger partial charge in [-0.2, -0.15) is 0 Å². The molecule has 0 spiro atoms. The van der Waals surface area contributed by atoms with Gasteiger partial charge in [0.25, 0.3) is 0 Å². The summed E-state index contributed by atoms with van der Waals surface area (Å²) in [5, 5.41) is 14.1. The number of nitrogens with one attached hydrogen (secondary N) is 2. The van der Waals surface area contributed by atoms with E-state index in [2.05, 4.69) is 10.3 Å². The summed E-state index contributed by atoms with van der Waals surface area (Å²) in [5.41, 5.74) is 2.59. The first-order valence-corrected chi connectivity index (χ1v) is 5.46. The molecule has 3 N–H and O–H groups in total. The number of para-hydroxylation sites is 2. The van der Waals surface area contributed by atoms with Crippen LogP contribution in [0.25, 0.3) is 10.9 Å². The van der Waals surface area contributed by atoms with Crippen LogP contribution in [0.2, 0.25) is 0 Å². The lowest BCUT2D eigenvalue weighted by Gasteiger charge is -2.04. The Kier molecular flexibility index (Phi) is 2.22. The molecular weight excluding hydrogens is 212 g/mol. The van der Waals surface area contributed by atoms with Gasteiger partial charge >= 0.3 is 0 Å². The SMILES string of the molecule is Oc1[nH]c2ccccc2c1Nc1ccccc1. The third-order valence-electron chi connectivity index (χ3n) is 2.73. The number of anilines is 2. The lowest BCUT2D eigenvalue weighted by molar-refractivity contribution is 0.461. The van der Waals surface area contributed by atoms with Crippen LogP contribution in [-0.4, -0.2) is 10.1 Å². The van der Waals surface area contributed by atoms with E-state index in [1.807, 2.05) is 54.6 Å². The number of hydrogen-bond acceptors (Lipinski definition) is 2. The van der Waals surface area contributed by atoms with Crippen LogP contribution in [0.1, 0.15) is 0 Å². The first-order valence-electron chi connectivity index (χ1n) is 5.46. The summed E-state index contributed by atoms with van der Waals surface area (Å²) in [7, 11) is 0. The van der Waals surface area contributed by atoms with Gasteiger partial charge in [-0.1, -0.05) is 36.4 Å². The number of aromatic hydroxyl groups is 1. The summed E-state index contributed by atoms with van der Waals surface area (Å²) in [6, 6.07) is 17.6. The summed E-state index contributed by atoms with van der Waals surface area (Å²) in [5.74, 6) is 0.162. The zero-order chi connectivity index (χ0) is 11.7. The number of H-pyrrole nitrogens is 1. The molecule has 3 aromatic rings. The van der Waals surface area contributed by atoms with Crippen molar-refractivity contribution in [2.24, 2.45) is 0 Å². The van der Waals surface area contributed by atoms with Gasteiger partial charge in [0.2, 0.25) is 5.88 Å². The summed E-state index contributed by atoms with van der Waals surface area (Å²) in [6.45, 7) is 0. The van der Waals surface area contributed by atoms with Gasteiger partial charge < -0.3 is 15.4 Å². The second-order valence-electron chi connectivity index (χ2n) is 3.89. The Bertz CT molecular complexity index is 644. The Labute approximate surface area is 98.7 Å². The molecule has 0 amide bonds. The zero-order valence-corrected chi connectivity index (χ0v) is 9.14. The van der Waals surface area contributed by atoms with Crippen LogP contribution in [0, 0.1) is 0 Å². The molecule has 3 nitrogen and oxygen atoms in total. The fourth-order valence-electron chi connectivity index (χ4n) is 1.92. The van der Waals surface area contributed by atoms with E-state index in [4.69, 9.17) is 0 Å². The predicted molar refractivity (Wildman–Crippen MR) is 69.7 cm³/mol. The standard InChI is InChI=1S/C14H12N2O/c17-14-13(15-10-6-2-1-3-7-10)11-8-4-5-9-12(11)16-14/h1-9,15-17H. The summed E-state index contributed by atoms with van der Waals surface area (Å²) >= 11 is 0. The van der Waals surface area contributed by atoms with Crippen molar-refractivity contribution in [1.82, 2.24) is 4.98 Å². The van der Waals surface area contributed by atoms with Gasteiger partial charge in [-0.25, -0.2) is 0 Å². The Morgan fingerprint density at radius 2 is 1.59 bits per heavy atom. The molecule has 3 heteroatoms. The van der Waals surface area contributed by atoms with Gasteiger partial charge in [-0.3, -0.25) is 0 Å². The molecule has 0 aliphatic heterocycles. The van der Waals surface area contributed by atoms with Crippen LogP contribution in [0.5, 0.6) is 5.88 Å². The normalized spacial score (nSPS) is 10.6. The monoisotopic (exact) mass is 224 g/mol. The van der Waals surface area contributed by atoms with Gasteiger partial charge in [-0.15, -0.1) is 0 Å². The van der Waals surface area contributed by atoms with E-state index in [-0.39, 0.29) is 5.88 Å². The molecule has 3 rings (SSSR count). The first kappa shape index (κ1) is 9.78. The minimum absolute atomic E-state index is 0.162. The van der Waals surface area contributed by atoms with Crippen LogP contribution in [0.3, 0.4) is 0 Å². The van der Waals surface area contributed by atoms with Crippen molar-refractivity contribution >= 4 is 22.3 Å². The van der Waals surface area contributed by atoms with E-state index in [9.17, 15) is 5.11 Å². The van der Waals surface area contributed by atoms with Gasteiger partial charge in [0.05, 0.1) is 5.52 Å². The van der Waals surface area contributed by atoms with Gasteiger partial charge in [0.15, 0.2) is 0 Å². The number of rotatable bonds is 2. The van der Waals surface area contributed by atoms with Crippen molar-refractivity contribution in [2.75, 3.05) is 5.32 Å². The third-order valence-corrected chi connectivity index (χ3v) is 2.73. The molecule has 0 radical (unpaired) electrons. The Balaban J connectivity index is 2.08. The lowest BCUT2D eigenvalue weighted by atomic mass is 10.2. The second kappa shape index (κ2) is 3.87. The number of aromatic amines is 1. The van der Waals surface area contributed by atoms with Crippen molar-refractivity contribution in [1.29, 1.82) is 0 Å². The Morgan fingerprint density at radius 3 is 2.41 bits per heavy atom. The summed E-state index contributed by atoms with van der Waals surface area (Å²) in [4.78, 5) is 2.94. The van der Waals surface area contributed by atoms with Gasteiger partial charge in [-0.05, 0) is 18.2 Å². The average molecular weight is 224 g/mol. The number of hydrogen-bond donors (Lipinski definition) is 3. The minimum Gasteiger partial charge on any atom is -0.493 e. The Morgan fingerprint density at radius 1 is 0.882 bits per heavy atom. The molecule has 2 aromatic carbocycles. The van der Waals surface area contributed by atoms with Crippen LogP contribution in [0.15, 0.2) is 54.6 Å². The predicted octanol–water partition coefficient (Wildman–Crippen LogP) is 3.62. The highest BCUT2D eigenvalue weighted by atomic mass is 16.3. The number of fused-ring (bicyclic) bond motifs is 1. The largest absolute Gasteiger partial charge is 0.493 e. The van der Waals surface area contributed by atoms with E-state index in [1.54, 1.807) is 0 Å². The van der Waals surface area contributed by atoms with Crippen LogP contribution in [-0.2, 0) is 0 Å². The maximum Gasteiger partial charge on any atom is 0.213 e. The summed E-state index contributed by atoms with van der Waals surface area (Å²) < 4.78 is 0. The number of aromatic nitrogens is 1. The van der Waals surface area contributed by atoms with Crippen LogP contribution >= 0.6 is 0 Å². The molecule has 1 aromatic heterocycles. The highest BCUT2D eigenvalue weighted by Crippen LogP contribution is 2.34. The zero-order valence-electron chi connectivity index (χ0n) is 9.14. The third kappa shape index (κ3) is 1.72. The molecule has 0 saturated heterocycles. The fourth-order valence-corrected chi connectivity index (χ4v) is 1.92. The van der Waals surface area contributed by atoms with Crippen molar-refractivity contribution in [2.45, 2.75) is 0 Å². The quantitative estimate of drug-likeness (QED) is 0.622. The molecular formula is C14H12N2O. The van der Waals surface area contributed by atoms with Crippen molar-refractivity contribution in [3.05, 3.63) is 54.6 Å². The van der Waals surface area contributed by atoms with Crippen molar-refractivity contribution < 1.29 is 5.11 Å². The van der Waals surface area contributed by atoms with Crippen LogP contribution < -0.4 is 5.32 Å². The molecule has 0 saturated carbocycles. The van der Waals surface area contributed by atoms with E-state index in [0.29, 0.717) is 5.69 Å². The van der Waals surface area contributed by atoms with Crippen molar-refractivity contribution in [3.63, 3.8) is 0 Å². The molecule has 0 aliphatic rings. The minimum atomic E-state index is 0.162. The first-order chi connectivity index (χ1) is 8.34. The molecule has 0 atom stereocenters. The molecule has 84 valence electrons. The molecule has 0 unspecified atom stereocenters. The van der Waals surface area contributed by atoms with Crippen LogP contribution in [0.4, 0.5) is 11.4 Å². The maximum absolute atomic E-state index is 9.88. The van der Waals surface area contributed by atoms with E-state index < -0.39 is 0 Å². The molecule has 0 fully saturated rings. The molecule has 0 bridgehead atoms. The molecule has 17 heavy (non-hydrogen) atoms. The Hall–Kier alpha value is -2.42. The van der Waals surface area contributed by atoms with E-state index in [1.165, 1.54) is 0 Å². The molecule has 1 heterocycles. The van der Waals surface area contributed by atoms with E-state index >= 15 is 0 Å². The average Bonchev–Trinajstić information content (AvgIpc) is 2.68. The van der Waals surface area contributed by atoms with Gasteiger partial charge in [0.1, 0.15) is 5.69 Å². The second-order valence-corrected chi connectivity index (χ2v) is 3.89. The molecule has 0 aliphatic carbocycles. The van der Waals surface area contributed by atoms with E-state index in [0.717, 1.165) is 16.6 Å². The number of benzene rings is 2. The lowest BCUT2D eigenvalue weighted by Crippen LogP contribution is -1.88. The topological polar surface area (TPSA) is 48.0 Å². The highest BCUT2D eigenvalue weighted by Gasteiger charge is 2.09. The maximum atomic E-state index is 9.88. The fraction of sp³-hybridized carbons (Fsp3) is 0. The highest BCUT2D eigenvalue weighted by molar-refractivity contribution is 5.97. The smallest absolute Gasteiger partial charge is 0.213 e.